The number of phenolic OH excluding ortho intramolecular Hbond substituents is 1. The molecule has 6 rings (SSSR count). The highest BCUT2D eigenvalue weighted by atomic mass is 79.9. The Morgan fingerprint density at radius 2 is 1.06 bits per heavy atom. The number of amides is 1. The summed E-state index contributed by atoms with van der Waals surface area (Å²) in [6.07, 6.45) is 0. The number of rotatable bonds is 7. The van der Waals surface area contributed by atoms with Crippen LogP contribution in [0.5, 0.6) is 29.0 Å². The minimum Gasteiger partial charge on any atom is -0.508 e. The molecule has 0 spiro atoms. The van der Waals surface area contributed by atoms with E-state index in [1.165, 1.54) is 0 Å². The highest BCUT2D eigenvalue weighted by molar-refractivity contribution is 9.10. The molecule has 54 heavy (non-hydrogen) atoms. The molecule has 2 unspecified atom stereocenters. The molecule has 3 aromatic carbocycles. The second kappa shape index (κ2) is 25.1. The van der Waals surface area contributed by atoms with Gasteiger partial charge in [-0.15, -0.1) is 30.6 Å². The Morgan fingerprint density at radius 1 is 0.630 bits per heavy atom. The summed E-state index contributed by atoms with van der Waals surface area (Å²) in [7, 11) is 0. The SMILES string of the molecule is CC(Br)C(=O)Nc1ccc(Oc2ccccc2)nn1.CC(Br)C(=O)O.Nc1ccc(Cl)nn1.Nc1ccc(Oc2ccccc2)nn1.Oc1ccccc1. The van der Waals surface area contributed by atoms with Crippen molar-refractivity contribution in [1.82, 2.24) is 30.6 Å². The van der Waals surface area contributed by atoms with Crippen LogP contribution in [-0.2, 0) is 9.59 Å². The minimum absolute atomic E-state index is 0.175. The van der Waals surface area contributed by atoms with Gasteiger partial charge in [0.15, 0.2) is 11.0 Å². The normalized spacial score (nSPS) is 10.6. The maximum atomic E-state index is 11.4. The first kappa shape index (κ1) is 44.3. The van der Waals surface area contributed by atoms with Crippen molar-refractivity contribution in [2.24, 2.45) is 0 Å². The zero-order valence-electron chi connectivity index (χ0n) is 28.8. The molecular formula is C36H36Br2ClN9O6. The van der Waals surface area contributed by atoms with Crippen molar-refractivity contribution >= 4 is 72.8 Å². The van der Waals surface area contributed by atoms with E-state index in [0.717, 1.165) is 5.75 Å². The van der Waals surface area contributed by atoms with E-state index in [1.807, 2.05) is 66.7 Å². The number of aromatic hydroxyl groups is 1. The molecular weight excluding hydrogens is 850 g/mol. The molecule has 0 saturated heterocycles. The first-order chi connectivity index (χ1) is 25.8. The molecule has 0 aliphatic carbocycles. The number of carbonyl (C=O) groups excluding carboxylic acids is 1. The summed E-state index contributed by atoms with van der Waals surface area (Å²) in [5.41, 5.74) is 10.6. The summed E-state index contributed by atoms with van der Waals surface area (Å²) < 4.78 is 10.9. The number of hydrogen-bond acceptors (Lipinski definition) is 13. The number of aliphatic carboxylic acids is 1. The molecule has 0 bridgehead atoms. The lowest BCUT2D eigenvalue weighted by Gasteiger charge is -2.06. The van der Waals surface area contributed by atoms with Crippen LogP contribution in [0, 0.1) is 0 Å². The molecule has 0 saturated carbocycles. The van der Waals surface area contributed by atoms with E-state index >= 15 is 0 Å². The number of aromatic nitrogens is 6. The summed E-state index contributed by atoms with van der Waals surface area (Å²) >= 11 is 11.4. The first-order valence-corrected chi connectivity index (χ1v) is 17.7. The van der Waals surface area contributed by atoms with Gasteiger partial charge >= 0.3 is 5.97 Å². The zero-order valence-corrected chi connectivity index (χ0v) is 32.7. The van der Waals surface area contributed by atoms with E-state index in [4.69, 9.17) is 42.8 Å². The van der Waals surface area contributed by atoms with Crippen LogP contribution in [0.1, 0.15) is 13.8 Å². The summed E-state index contributed by atoms with van der Waals surface area (Å²) in [5.74, 6) is 2.69. The number of para-hydroxylation sites is 3. The van der Waals surface area contributed by atoms with Gasteiger partial charge in [0.25, 0.3) is 0 Å². The van der Waals surface area contributed by atoms with E-state index < -0.39 is 10.8 Å². The summed E-state index contributed by atoms with van der Waals surface area (Å²) in [4.78, 5) is 20.4. The van der Waals surface area contributed by atoms with Gasteiger partial charge in [0.2, 0.25) is 17.7 Å². The first-order valence-electron chi connectivity index (χ1n) is 15.5. The van der Waals surface area contributed by atoms with Gasteiger partial charge in [-0.25, -0.2) is 0 Å². The number of carboxylic acids is 1. The van der Waals surface area contributed by atoms with Crippen LogP contribution in [0.25, 0.3) is 0 Å². The minimum atomic E-state index is -0.824. The van der Waals surface area contributed by atoms with Crippen LogP contribution < -0.4 is 26.3 Å². The van der Waals surface area contributed by atoms with Crippen molar-refractivity contribution in [3.05, 3.63) is 133 Å². The van der Waals surface area contributed by atoms with E-state index in [1.54, 1.807) is 74.5 Å². The number of phenols is 1. The van der Waals surface area contributed by atoms with E-state index in [-0.39, 0.29) is 10.7 Å². The van der Waals surface area contributed by atoms with Crippen LogP contribution in [0.2, 0.25) is 5.15 Å². The lowest BCUT2D eigenvalue weighted by atomic mass is 10.3. The molecule has 18 heteroatoms. The molecule has 0 aliphatic rings. The maximum absolute atomic E-state index is 11.4. The lowest BCUT2D eigenvalue weighted by Crippen LogP contribution is -2.20. The topological polar surface area (TPSA) is 234 Å². The Balaban J connectivity index is 0.000000252. The number of alkyl halides is 2. The monoisotopic (exact) mass is 883 g/mol. The van der Waals surface area contributed by atoms with Gasteiger partial charge in [-0.05, 0) is 74.5 Å². The molecule has 1 amide bonds. The van der Waals surface area contributed by atoms with Gasteiger partial charge in [0.05, 0.1) is 4.83 Å². The third-order valence-corrected chi connectivity index (χ3v) is 6.60. The van der Waals surface area contributed by atoms with Gasteiger partial charge in [-0.1, -0.05) is 98.1 Å². The van der Waals surface area contributed by atoms with Gasteiger partial charge < -0.3 is 36.5 Å². The zero-order chi connectivity index (χ0) is 39.7. The van der Waals surface area contributed by atoms with E-state index in [2.05, 4.69) is 67.8 Å². The third kappa shape index (κ3) is 20.2. The maximum Gasteiger partial charge on any atom is 0.316 e. The van der Waals surface area contributed by atoms with Crippen molar-refractivity contribution in [2.75, 3.05) is 16.8 Å². The molecule has 3 aromatic heterocycles. The van der Waals surface area contributed by atoms with E-state index in [9.17, 15) is 9.59 Å². The average molecular weight is 886 g/mol. The molecule has 282 valence electrons. The highest BCUT2D eigenvalue weighted by Crippen LogP contribution is 2.19. The number of carbonyl (C=O) groups is 2. The van der Waals surface area contributed by atoms with Crippen LogP contribution in [0.15, 0.2) is 127 Å². The molecule has 0 aliphatic heterocycles. The Kier molecular flexibility index (Phi) is 20.6. The quantitative estimate of drug-likeness (QED) is 0.0963. The number of benzene rings is 3. The van der Waals surface area contributed by atoms with Crippen molar-refractivity contribution in [2.45, 2.75) is 23.5 Å². The molecule has 0 fully saturated rings. The average Bonchev–Trinajstić information content (AvgIpc) is 3.17. The van der Waals surface area contributed by atoms with Crippen molar-refractivity contribution in [3.63, 3.8) is 0 Å². The Morgan fingerprint density at radius 3 is 1.37 bits per heavy atom. The Labute approximate surface area is 333 Å². The highest BCUT2D eigenvalue weighted by Gasteiger charge is 2.10. The van der Waals surface area contributed by atoms with Gasteiger partial charge in [0.1, 0.15) is 33.7 Å². The number of nitrogens with zero attached hydrogens (tertiary/aromatic N) is 6. The number of hydrogen-bond donors (Lipinski definition) is 5. The fraction of sp³-hybridized carbons (Fsp3) is 0.111. The number of nitrogens with one attached hydrogen (secondary N) is 1. The number of nitrogen functional groups attached to an aromatic ring is 2. The van der Waals surface area contributed by atoms with Crippen LogP contribution in [0.4, 0.5) is 17.5 Å². The molecule has 7 N–H and O–H groups in total. The summed E-state index contributed by atoms with van der Waals surface area (Å²) in [5, 5.41) is 41.7. The number of halogens is 3. The largest absolute Gasteiger partial charge is 0.508 e. The van der Waals surface area contributed by atoms with Gasteiger partial charge in [0, 0.05) is 12.1 Å². The van der Waals surface area contributed by atoms with Gasteiger partial charge in [-0.2, -0.15) is 0 Å². The second-order valence-electron chi connectivity index (χ2n) is 10.1. The number of anilines is 3. The predicted octanol–water partition coefficient (Wildman–Crippen LogP) is 7.80. The Bertz CT molecular complexity index is 1900. The third-order valence-electron chi connectivity index (χ3n) is 5.59. The molecule has 6 aromatic rings. The number of carboxylic acid groups (broad SMARTS) is 1. The van der Waals surface area contributed by atoms with Crippen molar-refractivity contribution < 1.29 is 29.3 Å². The summed E-state index contributed by atoms with van der Waals surface area (Å²) in [6, 6.07) is 37.2. The van der Waals surface area contributed by atoms with Gasteiger partial charge in [-0.3, -0.25) is 9.59 Å². The van der Waals surface area contributed by atoms with Crippen molar-refractivity contribution in [3.8, 4) is 29.0 Å². The number of nitrogens with two attached hydrogens (primary N) is 2. The predicted molar refractivity (Wildman–Crippen MR) is 214 cm³/mol. The fourth-order valence-electron chi connectivity index (χ4n) is 3.02. The molecule has 2 atom stereocenters. The standard InChI is InChI=1S/C13H12BrN3O2.C10H9N3O.C6H6O.C4H4ClN3.C3H5BrO2/c1-9(14)13(18)15-11-7-8-12(17-16-11)19-10-5-3-2-4-6-10;11-9-6-7-10(13-12-9)14-8-4-2-1-3-5-8;7-6-4-2-1-3-5-6;5-3-1-2-4(6)8-7-3;1-2(4)3(5)6/h2-9H,1H3,(H,15,16,18);1-7H,(H2,11,12);1-5,7H;1-2H,(H2,6,8);2H,1H3,(H,5,6). The molecule has 0 radical (unpaired) electrons. The smallest absolute Gasteiger partial charge is 0.316 e. The Hall–Kier alpha value is -5.91. The van der Waals surface area contributed by atoms with E-state index in [0.29, 0.717) is 45.9 Å². The molecule has 3 heterocycles. The lowest BCUT2D eigenvalue weighted by molar-refractivity contribution is -0.135. The van der Waals surface area contributed by atoms with Crippen LogP contribution in [0.3, 0.4) is 0 Å². The molecule has 15 nitrogen and oxygen atoms in total. The number of ether oxygens (including phenoxy) is 2. The van der Waals surface area contributed by atoms with Crippen LogP contribution in [-0.4, -0.2) is 62.3 Å². The fourth-order valence-corrected chi connectivity index (χ4v) is 3.24. The van der Waals surface area contributed by atoms with Crippen molar-refractivity contribution in [1.29, 1.82) is 0 Å². The van der Waals surface area contributed by atoms with Crippen LogP contribution >= 0.6 is 43.5 Å². The summed E-state index contributed by atoms with van der Waals surface area (Å²) in [6.45, 7) is 3.29. The second-order valence-corrected chi connectivity index (χ2v) is 13.2.